The Morgan fingerprint density at radius 3 is 2.85 bits per heavy atom. The van der Waals surface area contributed by atoms with Gasteiger partial charge in [0.15, 0.2) is 0 Å². The smallest absolute Gasteiger partial charge is 0.0687 e. The van der Waals surface area contributed by atoms with E-state index in [1.165, 1.54) is 44.1 Å². The molecule has 3 rings (SSSR count). The molecule has 2 atom stereocenters. The first-order valence-corrected chi connectivity index (χ1v) is 8.62. The predicted octanol–water partition coefficient (Wildman–Crippen LogP) is 4.20. The van der Waals surface area contributed by atoms with E-state index in [4.69, 9.17) is 10.5 Å². The highest BCUT2D eigenvalue weighted by atomic mass is 79.9. The van der Waals surface area contributed by atoms with E-state index in [0.29, 0.717) is 6.10 Å². The molecule has 1 aliphatic carbocycles. The lowest BCUT2D eigenvalue weighted by molar-refractivity contribution is -0.0407. The molecular weight excluding hydrogens is 314 g/mol. The lowest BCUT2D eigenvalue weighted by atomic mass is 9.96. The molecule has 0 bridgehead atoms. The summed E-state index contributed by atoms with van der Waals surface area (Å²) in [5.41, 5.74) is 7.87. The normalized spacial score (nSPS) is 26.2. The molecule has 1 aliphatic heterocycles. The van der Waals surface area contributed by atoms with Crippen LogP contribution in [0.4, 0.5) is 0 Å². The monoisotopic (exact) mass is 337 g/mol. The third kappa shape index (κ3) is 3.44. The maximum Gasteiger partial charge on any atom is 0.0687 e. The number of rotatable bonds is 4. The number of nitrogens with two attached hydrogens (primary N) is 1. The van der Waals surface area contributed by atoms with Gasteiger partial charge in [0.05, 0.1) is 11.7 Å². The summed E-state index contributed by atoms with van der Waals surface area (Å²) < 4.78 is 7.48. The van der Waals surface area contributed by atoms with E-state index in [2.05, 4.69) is 40.2 Å². The molecule has 2 aliphatic rings. The van der Waals surface area contributed by atoms with Gasteiger partial charge in [0.1, 0.15) is 0 Å². The Labute approximate surface area is 130 Å². The highest BCUT2D eigenvalue weighted by molar-refractivity contribution is 9.10. The second kappa shape index (κ2) is 6.17. The van der Waals surface area contributed by atoms with E-state index in [1.54, 1.807) is 0 Å². The summed E-state index contributed by atoms with van der Waals surface area (Å²) in [4.78, 5) is 0. The molecule has 0 amide bonds. The van der Waals surface area contributed by atoms with E-state index in [-0.39, 0.29) is 11.6 Å². The molecule has 1 saturated heterocycles. The van der Waals surface area contributed by atoms with Gasteiger partial charge in [0.25, 0.3) is 0 Å². The van der Waals surface area contributed by atoms with Crippen molar-refractivity contribution in [3.63, 3.8) is 0 Å². The zero-order valence-electron chi connectivity index (χ0n) is 12.0. The van der Waals surface area contributed by atoms with Crippen LogP contribution in [-0.4, -0.2) is 17.7 Å². The Hall–Kier alpha value is -0.380. The summed E-state index contributed by atoms with van der Waals surface area (Å²) in [5, 5.41) is 0. The summed E-state index contributed by atoms with van der Waals surface area (Å²) in [6, 6.07) is 8.64. The van der Waals surface area contributed by atoms with Crippen LogP contribution >= 0.6 is 15.9 Å². The van der Waals surface area contributed by atoms with Crippen LogP contribution in [0.1, 0.15) is 50.5 Å². The minimum atomic E-state index is 0.200. The maximum atomic E-state index is 6.35. The molecule has 2 nitrogen and oxygen atoms in total. The Morgan fingerprint density at radius 2 is 2.10 bits per heavy atom. The number of ether oxygens (including phenoxy) is 1. The second-order valence-electron chi connectivity index (χ2n) is 6.50. The Morgan fingerprint density at radius 1 is 1.30 bits per heavy atom. The van der Waals surface area contributed by atoms with E-state index < -0.39 is 0 Å². The number of halogens is 1. The van der Waals surface area contributed by atoms with Crippen molar-refractivity contribution in [3.05, 3.63) is 34.3 Å². The van der Waals surface area contributed by atoms with E-state index in [1.807, 2.05) is 0 Å². The van der Waals surface area contributed by atoms with Gasteiger partial charge in [-0.15, -0.1) is 0 Å². The van der Waals surface area contributed by atoms with Crippen molar-refractivity contribution in [2.24, 2.45) is 5.73 Å². The van der Waals surface area contributed by atoms with Crippen molar-refractivity contribution < 1.29 is 4.74 Å². The van der Waals surface area contributed by atoms with Gasteiger partial charge in [-0.1, -0.05) is 40.9 Å². The molecule has 0 radical (unpaired) electrons. The Bertz CT molecular complexity index is 456. The minimum Gasteiger partial charge on any atom is -0.372 e. The van der Waals surface area contributed by atoms with Gasteiger partial charge in [-0.05, 0) is 56.2 Å². The molecule has 3 heteroatoms. The summed E-state index contributed by atoms with van der Waals surface area (Å²) in [7, 11) is 0. The van der Waals surface area contributed by atoms with Gasteiger partial charge in [-0.2, -0.15) is 0 Å². The molecular formula is C17H24BrNO. The molecule has 1 aromatic carbocycles. The van der Waals surface area contributed by atoms with Crippen molar-refractivity contribution in [1.82, 2.24) is 0 Å². The molecule has 2 unspecified atom stereocenters. The minimum absolute atomic E-state index is 0.200. The molecule has 0 aromatic heterocycles. The van der Waals surface area contributed by atoms with Crippen LogP contribution in [0.25, 0.3) is 0 Å². The van der Waals surface area contributed by atoms with Gasteiger partial charge in [-0.25, -0.2) is 0 Å². The zero-order valence-corrected chi connectivity index (χ0v) is 13.6. The van der Waals surface area contributed by atoms with Crippen molar-refractivity contribution in [2.45, 2.75) is 69.1 Å². The lowest BCUT2D eigenvalue weighted by Crippen LogP contribution is -2.31. The third-order valence-corrected chi connectivity index (χ3v) is 5.30. The summed E-state index contributed by atoms with van der Waals surface area (Å²) in [5.74, 6) is 0. The maximum absolute atomic E-state index is 6.35. The molecule has 1 spiro atoms. The lowest BCUT2D eigenvalue weighted by Gasteiger charge is -2.25. The quantitative estimate of drug-likeness (QED) is 0.893. The summed E-state index contributed by atoms with van der Waals surface area (Å²) in [6.07, 6.45) is 9.99. The number of hydrogen-bond donors (Lipinski definition) is 1. The van der Waals surface area contributed by atoms with Gasteiger partial charge < -0.3 is 10.5 Å². The van der Waals surface area contributed by atoms with Gasteiger partial charge in [-0.3, -0.25) is 0 Å². The molecule has 1 saturated carbocycles. The topological polar surface area (TPSA) is 35.2 Å². The third-order valence-electron chi connectivity index (χ3n) is 4.81. The first kappa shape index (κ1) is 14.6. The van der Waals surface area contributed by atoms with Gasteiger partial charge >= 0.3 is 0 Å². The number of hydrogen-bond acceptors (Lipinski definition) is 2. The van der Waals surface area contributed by atoms with Crippen LogP contribution in [0.2, 0.25) is 0 Å². The fourth-order valence-corrected chi connectivity index (χ4v) is 4.28. The average Bonchev–Trinajstić information content (AvgIpc) is 3.00. The fourth-order valence-electron chi connectivity index (χ4n) is 3.84. The van der Waals surface area contributed by atoms with Crippen LogP contribution in [0.3, 0.4) is 0 Å². The van der Waals surface area contributed by atoms with Crippen molar-refractivity contribution in [3.8, 4) is 0 Å². The highest BCUT2D eigenvalue weighted by Gasteiger charge is 2.42. The molecule has 2 N–H and O–H groups in total. The Balaban J connectivity index is 1.51. The highest BCUT2D eigenvalue weighted by Crippen LogP contribution is 2.44. The summed E-state index contributed by atoms with van der Waals surface area (Å²) in [6.45, 7) is 0. The van der Waals surface area contributed by atoms with Crippen LogP contribution in [0.15, 0.2) is 28.7 Å². The second-order valence-corrected chi connectivity index (χ2v) is 7.41. The van der Waals surface area contributed by atoms with Gasteiger partial charge in [0, 0.05) is 10.5 Å². The molecule has 2 fully saturated rings. The SMILES string of the molecule is NC(Cc1cccc(Br)c1)CC1CCC2(CCCC2)O1. The zero-order chi connectivity index (χ0) is 14.0. The molecule has 1 heterocycles. The summed E-state index contributed by atoms with van der Waals surface area (Å²) >= 11 is 3.52. The first-order valence-electron chi connectivity index (χ1n) is 7.83. The molecule has 20 heavy (non-hydrogen) atoms. The van der Waals surface area contributed by atoms with Crippen molar-refractivity contribution in [1.29, 1.82) is 0 Å². The largest absolute Gasteiger partial charge is 0.372 e. The number of benzene rings is 1. The fraction of sp³-hybridized carbons (Fsp3) is 0.647. The van der Waals surface area contributed by atoms with E-state index in [0.717, 1.165) is 17.3 Å². The van der Waals surface area contributed by atoms with E-state index >= 15 is 0 Å². The van der Waals surface area contributed by atoms with E-state index in [9.17, 15) is 0 Å². The molecule has 1 aromatic rings. The van der Waals surface area contributed by atoms with Crippen LogP contribution < -0.4 is 5.73 Å². The van der Waals surface area contributed by atoms with Gasteiger partial charge in [0.2, 0.25) is 0 Å². The van der Waals surface area contributed by atoms with Crippen LogP contribution in [0, 0.1) is 0 Å². The standard InChI is InChI=1S/C17H24BrNO/c18-14-5-3-4-13(10-14)11-15(19)12-16-6-9-17(20-16)7-1-2-8-17/h3-5,10,15-16H,1-2,6-9,11-12,19H2. The average molecular weight is 338 g/mol. The van der Waals surface area contributed by atoms with Crippen LogP contribution in [-0.2, 0) is 11.2 Å². The first-order chi connectivity index (χ1) is 9.65. The van der Waals surface area contributed by atoms with Crippen molar-refractivity contribution >= 4 is 15.9 Å². The van der Waals surface area contributed by atoms with Crippen molar-refractivity contribution in [2.75, 3.05) is 0 Å². The predicted molar refractivity (Wildman–Crippen MR) is 85.7 cm³/mol. The Kier molecular flexibility index (Phi) is 4.49. The van der Waals surface area contributed by atoms with Crippen LogP contribution in [0.5, 0.6) is 0 Å². The molecule has 110 valence electrons.